The smallest absolute Gasteiger partial charge is 0.119 e. The molecule has 0 spiro atoms. The molecule has 0 heterocycles. The standard InChI is InChI=1S/C16H18ClNO/c1-12-4-3-5-13(2)16(12)18-10-11-19-15-8-6-14(17)7-9-15/h3-9,18H,10-11H2,1-2H3. The highest BCUT2D eigenvalue weighted by atomic mass is 35.5. The SMILES string of the molecule is Cc1cccc(C)c1NCCOc1ccc(Cl)cc1. The van der Waals surface area contributed by atoms with Crippen LogP contribution >= 0.6 is 11.6 Å². The Morgan fingerprint density at radius 1 is 1.00 bits per heavy atom. The second-order valence-corrected chi connectivity index (χ2v) is 4.93. The molecule has 0 atom stereocenters. The van der Waals surface area contributed by atoms with Gasteiger partial charge in [-0.15, -0.1) is 0 Å². The van der Waals surface area contributed by atoms with E-state index in [1.807, 2.05) is 24.3 Å². The fourth-order valence-electron chi connectivity index (χ4n) is 1.97. The first-order valence-corrected chi connectivity index (χ1v) is 6.73. The van der Waals surface area contributed by atoms with Gasteiger partial charge < -0.3 is 10.1 Å². The summed E-state index contributed by atoms with van der Waals surface area (Å²) in [6.45, 7) is 5.61. The van der Waals surface area contributed by atoms with Gasteiger partial charge in [0.15, 0.2) is 0 Å². The first-order valence-electron chi connectivity index (χ1n) is 6.35. The van der Waals surface area contributed by atoms with Gasteiger partial charge in [-0.3, -0.25) is 0 Å². The number of hydrogen-bond acceptors (Lipinski definition) is 2. The number of rotatable bonds is 5. The molecule has 0 aliphatic carbocycles. The topological polar surface area (TPSA) is 21.3 Å². The number of hydrogen-bond donors (Lipinski definition) is 1. The van der Waals surface area contributed by atoms with E-state index in [9.17, 15) is 0 Å². The molecule has 19 heavy (non-hydrogen) atoms. The summed E-state index contributed by atoms with van der Waals surface area (Å²) < 4.78 is 5.64. The summed E-state index contributed by atoms with van der Waals surface area (Å²) in [4.78, 5) is 0. The van der Waals surface area contributed by atoms with Crippen LogP contribution in [0.4, 0.5) is 5.69 Å². The number of halogens is 1. The molecule has 3 heteroatoms. The lowest BCUT2D eigenvalue weighted by atomic mass is 10.1. The van der Waals surface area contributed by atoms with Gasteiger partial charge in [0.1, 0.15) is 12.4 Å². The van der Waals surface area contributed by atoms with Gasteiger partial charge in [-0.1, -0.05) is 29.8 Å². The van der Waals surface area contributed by atoms with Crippen LogP contribution in [0.3, 0.4) is 0 Å². The predicted molar refractivity (Wildman–Crippen MR) is 81.4 cm³/mol. The van der Waals surface area contributed by atoms with E-state index in [1.165, 1.54) is 16.8 Å². The zero-order valence-corrected chi connectivity index (χ0v) is 12.0. The molecule has 2 nitrogen and oxygen atoms in total. The molecule has 0 aliphatic rings. The third kappa shape index (κ3) is 3.90. The van der Waals surface area contributed by atoms with Crippen molar-refractivity contribution in [3.8, 4) is 5.75 Å². The maximum atomic E-state index is 5.82. The van der Waals surface area contributed by atoms with Crippen LogP contribution in [0.2, 0.25) is 5.02 Å². The average Bonchev–Trinajstić information content (AvgIpc) is 2.39. The third-order valence-corrected chi connectivity index (χ3v) is 3.22. The van der Waals surface area contributed by atoms with Gasteiger partial charge >= 0.3 is 0 Å². The van der Waals surface area contributed by atoms with Crippen molar-refractivity contribution in [1.29, 1.82) is 0 Å². The Bertz CT molecular complexity index is 517. The van der Waals surface area contributed by atoms with Crippen LogP contribution in [0.15, 0.2) is 42.5 Å². The molecule has 0 aliphatic heterocycles. The summed E-state index contributed by atoms with van der Waals surface area (Å²) in [7, 11) is 0. The van der Waals surface area contributed by atoms with Crippen molar-refractivity contribution >= 4 is 17.3 Å². The molecule has 0 saturated carbocycles. The van der Waals surface area contributed by atoms with Gasteiger partial charge in [-0.05, 0) is 49.2 Å². The Labute approximate surface area is 119 Å². The highest BCUT2D eigenvalue weighted by Crippen LogP contribution is 2.19. The van der Waals surface area contributed by atoms with E-state index < -0.39 is 0 Å². The Kier molecular flexibility index (Phi) is 4.69. The molecule has 0 bridgehead atoms. The number of anilines is 1. The summed E-state index contributed by atoms with van der Waals surface area (Å²) in [5.41, 5.74) is 3.71. The maximum Gasteiger partial charge on any atom is 0.119 e. The number of benzene rings is 2. The molecular weight excluding hydrogens is 258 g/mol. The quantitative estimate of drug-likeness (QED) is 0.814. The molecule has 1 N–H and O–H groups in total. The summed E-state index contributed by atoms with van der Waals surface area (Å²) in [6, 6.07) is 13.7. The molecule has 0 radical (unpaired) electrons. The van der Waals surface area contributed by atoms with E-state index in [2.05, 4.69) is 37.4 Å². The van der Waals surface area contributed by atoms with Gasteiger partial charge in [0, 0.05) is 17.3 Å². The van der Waals surface area contributed by atoms with E-state index in [4.69, 9.17) is 16.3 Å². The van der Waals surface area contributed by atoms with E-state index in [0.717, 1.165) is 17.3 Å². The number of nitrogens with one attached hydrogen (secondary N) is 1. The lowest BCUT2D eigenvalue weighted by Gasteiger charge is -2.13. The average molecular weight is 276 g/mol. The number of aryl methyl sites for hydroxylation is 2. The van der Waals surface area contributed by atoms with E-state index >= 15 is 0 Å². The van der Waals surface area contributed by atoms with Crippen LogP contribution in [-0.2, 0) is 0 Å². The Hall–Kier alpha value is -1.67. The van der Waals surface area contributed by atoms with Gasteiger partial charge in [0.25, 0.3) is 0 Å². The van der Waals surface area contributed by atoms with Crippen LogP contribution in [0.5, 0.6) is 5.75 Å². The first-order chi connectivity index (χ1) is 9.16. The molecule has 0 saturated heterocycles. The zero-order chi connectivity index (χ0) is 13.7. The lowest BCUT2D eigenvalue weighted by Crippen LogP contribution is -2.12. The first kappa shape index (κ1) is 13.8. The van der Waals surface area contributed by atoms with Crippen molar-refractivity contribution in [3.05, 3.63) is 58.6 Å². The molecule has 0 unspecified atom stereocenters. The van der Waals surface area contributed by atoms with E-state index in [1.54, 1.807) is 0 Å². The van der Waals surface area contributed by atoms with Crippen LogP contribution in [0.1, 0.15) is 11.1 Å². The second kappa shape index (κ2) is 6.48. The Morgan fingerprint density at radius 2 is 1.63 bits per heavy atom. The molecule has 0 amide bonds. The molecule has 2 aromatic rings. The van der Waals surface area contributed by atoms with Crippen LogP contribution in [0.25, 0.3) is 0 Å². The molecule has 100 valence electrons. The maximum absolute atomic E-state index is 5.82. The highest BCUT2D eigenvalue weighted by Gasteiger charge is 2.00. The highest BCUT2D eigenvalue weighted by molar-refractivity contribution is 6.30. The van der Waals surface area contributed by atoms with E-state index in [0.29, 0.717) is 6.61 Å². The molecule has 2 aromatic carbocycles. The largest absolute Gasteiger partial charge is 0.492 e. The van der Waals surface area contributed by atoms with Crippen molar-refractivity contribution in [2.24, 2.45) is 0 Å². The zero-order valence-electron chi connectivity index (χ0n) is 11.2. The number of para-hydroxylation sites is 1. The van der Waals surface area contributed by atoms with Gasteiger partial charge in [-0.2, -0.15) is 0 Å². The second-order valence-electron chi connectivity index (χ2n) is 4.50. The summed E-state index contributed by atoms with van der Waals surface area (Å²) in [5, 5.41) is 4.13. The van der Waals surface area contributed by atoms with Gasteiger partial charge in [-0.25, -0.2) is 0 Å². The number of ether oxygens (including phenoxy) is 1. The van der Waals surface area contributed by atoms with E-state index in [-0.39, 0.29) is 0 Å². The predicted octanol–water partition coefficient (Wildman–Crippen LogP) is 4.45. The van der Waals surface area contributed by atoms with Crippen molar-refractivity contribution < 1.29 is 4.74 Å². The summed E-state index contributed by atoms with van der Waals surface area (Å²) >= 11 is 5.82. The Morgan fingerprint density at radius 3 is 2.26 bits per heavy atom. The molecular formula is C16H18ClNO. The van der Waals surface area contributed by atoms with Gasteiger partial charge in [0.2, 0.25) is 0 Å². The molecule has 0 aromatic heterocycles. The molecule has 2 rings (SSSR count). The third-order valence-electron chi connectivity index (χ3n) is 2.97. The monoisotopic (exact) mass is 275 g/mol. The van der Waals surface area contributed by atoms with Crippen molar-refractivity contribution in [1.82, 2.24) is 0 Å². The van der Waals surface area contributed by atoms with Gasteiger partial charge in [0.05, 0.1) is 0 Å². The lowest BCUT2D eigenvalue weighted by molar-refractivity contribution is 0.333. The fourth-order valence-corrected chi connectivity index (χ4v) is 2.10. The summed E-state index contributed by atoms with van der Waals surface area (Å²) in [6.07, 6.45) is 0. The normalized spacial score (nSPS) is 10.3. The van der Waals surface area contributed by atoms with Crippen LogP contribution < -0.4 is 10.1 Å². The van der Waals surface area contributed by atoms with Crippen LogP contribution in [0, 0.1) is 13.8 Å². The van der Waals surface area contributed by atoms with Crippen molar-refractivity contribution in [2.45, 2.75) is 13.8 Å². The van der Waals surface area contributed by atoms with Crippen LogP contribution in [-0.4, -0.2) is 13.2 Å². The Balaban J connectivity index is 1.82. The fraction of sp³-hybridized carbons (Fsp3) is 0.250. The molecule has 0 fully saturated rings. The minimum Gasteiger partial charge on any atom is -0.492 e. The van der Waals surface area contributed by atoms with Crippen molar-refractivity contribution in [3.63, 3.8) is 0 Å². The van der Waals surface area contributed by atoms with Crippen molar-refractivity contribution in [2.75, 3.05) is 18.5 Å². The minimum atomic E-state index is 0.620. The summed E-state index contributed by atoms with van der Waals surface area (Å²) in [5.74, 6) is 0.840. The minimum absolute atomic E-state index is 0.620.